The van der Waals surface area contributed by atoms with Crippen molar-refractivity contribution in [2.24, 2.45) is 0 Å². The van der Waals surface area contributed by atoms with Crippen LogP contribution in [-0.2, 0) is 6.54 Å². The van der Waals surface area contributed by atoms with E-state index >= 15 is 0 Å². The van der Waals surface area contributed by atoms with Gasteiger partial charge in [0.2, 0.25) is 0 Å². The molecule has 4 heteroatoms. The average molecular weight is 245 g/mol. The second kappa shape index (κ2) is 5.80. The van der Waals surface area contributed by atoms with Gasteiger partial charge >= 0.3 is 0 Å². The monoisotopic (exact) mass is 245 g/mol. The first-order valence-corrected chi connectivity index (χ1v) is 6.14. The van der Waals surface area contributed by atoms with E-state index in [1.807, 2.05) is 24.6 Å². The van der Waals surface area contributed by atoms with E-state index in [0.717, 1.165) is 18.1 Å². The molecule has 0 saturated heterocycles. The largest absolute Gasteiger partial charge is 0.395 e. The second-order valence-electron chi connectivity index (χ2n) is 4.48. The van der Waals surface area contributed by atoms with Gasteiger partial charge in [-0.15, -0.1) is 0 Å². The quantitative estimate of drug-likeness (QED) is 0.842. The first-order valence-electron chi connectivity index (χ1n) is 6.14. The van der Waals surface area contributed by atoms with E-state index in [-0.39, 0.29) is 12.6 Å². The van der Waals surface area contributed by atoms with Crippen molar-refractivity contribution in [3.63, 3.8) is 0 Å². The number of aryl methyl sites for hydroxylation is 1. The minimum absolute atomic E-state index is 0.126. The summed E-state index contributed by atoms with van der Waals surface area (Å²) in [5.41, 5.74) is 2.32. The van der Waals surface area contributed by atoms with Crippen molar-refractivity contribution in [1.82, 2.24) is 14.9 Å². The first-order chi connectivity index (χ1) is 8.70. The molecule has 2 N–H and O–H groups in total. The van der Waals surface area contributed by atoms with Gasteiger partial charge in [0.05, 0.1) is 6.61 Å². The molecular weight excluding hydrogens is 226 g/mol. The maximum atomic E-state index is 8.94. The number of hydrogen-bond donors (Lipinski definition) is 2. The zero-order chi connectivity index (χ0) is 13.0. The lowest BCUT2D eigenvalue weighted by atomic mass is 10.2. The molecule has 0 aliphatic rings. The van der Waals surface area contributed by atoms with Crippen LogP contribution in [0.2, 0.25) is 0 Å². The molecule has 18 heavy (non-hydrogen) atoms. The number of aliphatic hydroxyl groups excluding tert-OH is 1. The van der Waals surface area contributed by atoms with Gasteiger partial charge in [0.25, 0.3) is 0 Å². The van der Waals surface area contributed by atoms with Crippen LogP contribution in [0.25, 0.3) is 5.69 Å². The summed E-state index contributed by atoms with van der Waals surface area (Å²) in [6.07, 6.45) is 3.75. The molecule has 0 aliphatic heterocycles. The number of nitrogens with zero attached hydrogens (tertiary/aromatic N) is 2. The zero-order valence-corrected chi connectivity index (χ0v) is 10.8. The van der Waals surface area contributed by atoms with Crippen LogP contribution < -0.4 is 5.32 Å². The molecular formula is C14H19N3O. The highest BCUT2D eigenvalue weighted by molar-refractivity contribution is 5.35. The van der Waals surface area contributed by atoms with Crippen LogP contribution in [0.3, 0.4) is 0 Å². The molecule has 1 atom stereocenters. The molecule has 96 valence electrons. The molecule has 1 aromatic heterocycles. The summed E-state index contributed by atoms with van der Waals surface area (Å²) in [6, 6.07) is 8.46. The summed E-state index contributed by atoms with van der Waals surface area (Å²) < 4.78 is 2.05. The standard InChI is InChI=1S/C14H19N3O/c1-11(10-18)16-9-13-3-5-14(6-4-13)17-8-7-15-12(17)2/h3-8,11,16,18H,9-10H2,1-2H3/t11-/m0/s1. The third kappa shape index (κ3) is 2.97. The maximum absolute atomic E-state index is 8.94. The Kier molecular flexibility index (Phi) is 4.12. The molecule has 0 aliphatic carbocycles. The predicted molar refractivity (Wildman–Crippen MR) is 71.7 cm³/mol. The number of hydrogen-bond acceptors (Lipinski definition) is 3. The van der Waals surface area contributed by atoms with Crippen LogP contribution in [0.15, 0.2) is 36.7 Å². The Morgan fingerprint density at radius 2 is 2.06 bits per heavy atom. The SMILES string of the molecule is Cc1nccn1-c1ccc(CN[C@@H](C)CO)cc1. The fourth-order valence-corrected chi connectivity index (χ4v) is 1.78. The highest BCUT2D eigenvalue weighted by Gasteiger charge is 2.02. The van der Waals surface area contributed by atoms with Gasteiger partial charge < -0.3 is 15.0 Å². The number of imidazole rings is 1. The van der Waals surface area contributed by atoms with Crippen LogP contribution in [0, 0.1) is 6.92 Å². The number of aliphatic hydroxyl groups is 1. The van der Waals surface area contributed by atoms with E-state index in [2.05, 4.69) is 34.6 Å². The molecule has 0 bridgehead atoms. The minimum atomic E-state index is 0.126. The summed E-state index contributed by atoms with van der Waals surface area (Å²) >= 11 is 0. The van der Waals surface area contributed by atoms with Crippen LogP contribution in [0.5, 0.6) is 0 Å². The van der Waals surface area contributed by atoms with Crippen LogP contribution in [0.4, 0.5) is 0 Å². The minimum Gasteiger partial charge on any atom is -0.395 e. The Balaban J connectivity index is 2.04. The van der Waals surface area contributed by atoms with Gasteiger partial charge in [-0.3, -0.25) is 0 Å². The third-order valence-corrected chi connectivity index (χ3v) is 2.97. The van der Waals surface area contributed by atoms with E-state index in [1.54, 1.807) is 6.20 Å². The van der Waals surface area contributed by atoms with Gasteiger partial charge in [0, 0.05) is 30.7 Å². The van der Waals surface area contributed by atoms with Gasteiger partial charge in [0.15, 0.2) is 0 Å². The molecule has 1 aromatic carbocycles. The molecule has 0 radical (unpaired) electrons. The Hall–Kier alpha value is -1.65. The molecule has 1 heterocycles. The molecule has 4 nitrogen and oxygen atoms in total. The Morgan fingerprint density at radius 3 is 2.61 bits per heavy atom. The predicted octanol–water partition coefficient (Wildman–Crippen LogP) is 1.65. The van der Waals surface area contributed by atoms with E-state index in [9.17, 15) is 0 Å². The highest BCUT2D eigenvalue weighted by atomic mass is 16.3. The van der Waals surface area contributed by atoms with E-state index in [0.29, 0.717) is 0 Å². The van der Waals surface area contributed by atoms with Crippen molar-refractivity contribution < 1.29 is 5.11 Å². The number of benzene rings is 1. The lowest BCUT2D eigenvalue weighted by Crippen LogP contribution is -2.28. The lowest BCUT2D eigenvalue weighted by molar-refractivity contribution is 0.251. The topological polar surface area (TPSA) is 50.1 Å². The highest BCUT2D eigenvalue weighted by Crippen LogP contribution is 2.11. The van der Waals surface area contributed by atoms with E-state index < -0.39 is 0 Å². The van der Waals surface area contributed by atoms with Gasteiger partial charge in [0.1, 0.15) is 5.82 Å². The Labute approximate surface area is 107 Å². The van der Waals surface area contributed by atoms with Crippen LogP contribution >= 0.6 is 0 Å². The maximum Gasteiger partial charge on any atom is 0.110 e. The zero-order valence-electron chi connectivity index (χ0n) is 10.8. The van der Waals surface area contributed by atoms with Gasteiger partial charge in [-0.05, 0) is 31.5 Å². The Morgan fingerprint density at radius 1 is 1.33 bits per heavy atom. The fourth-order valence-electron chi connectivity index (χ4n) is 1.78. The number of rotatable bonds is 5. The van der Waals surface area contributed by atoms with Gasteiger partial charge in [-0.1, -0.05) is 12.1 Å². The molecule has 0 amide bonds. The number of aromatic nitrogens is 2. The molecule has 0 saturated carbocycles. The van der Waals surface area contributed by atoms with E-state index in [4.69, 9.17) is 5.11 Å². The summed E-state index contributed by atoms with van der Waals surface area (Å²) in [6.45, 7) is 4.87. The number of nitrogens with one attached hydrogen (secondary N) is 1. The Bertz CT molecular complexity index is 490. The van der Waals surface area contributed by atoms with Gasteiger partial charge in [-0.25, -0.2) is 4.98 Å². The van der Waals surface area contributed by atoms with Crippen molar-refractivity contribution in [3.05, 3.63) is 48.0 Å². The van der Waals surface area contributed by atoms with Crippen molar-refractivity contribution >= 4 is 0 Å². The van der Waals surface area contributed by atoms with Crippen molar-refractivity contribution in [2.75, 3.05) is 6.61 Å². The van der Waals surface area contributed by atoms with Crippen molar-refractivity contribution in [3.8, 4) is 5.69 Å². The molecule has 2 aromatic rings. The average Bonchev–Trinajstić information content (AvgIpc) is 2.83. The van der Waals surface area contributed by atoms with Crippen molar-refractivity contribution in [2.45, 2.75) is 26.4 Å². The third-order valence-electron chi connectivity index (χ3n) is 2.97. The van der Waals surface area contributed by atoms with Crippen LogP contribution in [-0.4, -0.2) is 27.3 Å². The van der Waals surface area contributed by atoms with Crippen LogP contribution in [0.1, 0.15) is 18.3 Å². The fraction of sp³-hybridized carbons (Fsp3) is 0.357. The van der Waals surface area contributed by atoms with Crippen molar-refractivity contribution in [1.29, 1.82) is 0 Å². The normalized spacial score (nSPS) is 12.6. The summed E-state index contributed by atoms with van der Waals surface area (Å²) in [5, 5.41) is 12.2. The molecule has 0 spiro atoms. The second-order valence-corrected chi connectivity index (χ2v) is 4.48. The van der Waals surface area contributed by atoms with E-state index in [1.165, 1.54) is 5.56 Å². The molecule has 0 fully saturated rings. The molecule has 2 rings (SSSR count). The smallest absolute Gasteiger partial charge is 0.110 e. The first kappa shape index (κ1) is 12.8. The lowest BCUT2D eigenvalue weighted by Gasteiger charge is -2.11. The summed E-state index contributed by atoms with van der Waals surface area (Å²) in [4.78, 5) is 4.21. The van der Waals surface area contributed by atoms with Gasteiger partial charge in [-0.2, -0.15) is 0 Å². The summed E-state index contributed by atoms with van der Waals surface area (Å²) in [5.74, 6) is 0.981. The summed E-state index contributed by atoms with van der Waals surface area (Å²) in [7, 11) is 0. The molecule has 0 unspecified atom stereocenters.